The zero-order valence-corrected chi connectivity index (χ0v) is 13.3. The minimum atomic E-state index is -3.44. The third-order valence-electron chi connectivity index (χ3n) is 3.61. The van der Waals surface area contributed by atoms with Crippen LogP contribution in [0.25, 0.3) is 0 Å². The second-order valence-electron chi connectivity index (χ2n) is 4.85. The van der Waals surface area contributed by atoms with E-state index in [0.717, 1.165) is 24.2 Å². The fraction of sp³-hybridized carbons (Fsp3) is 0.667. The van der Waals surface area contributed by atoms with Crippen LogP contribution < -0.4 is 4.72 Å². The van der Waals surface area contributed by atoms with Crippen molar-refractivity contribution < 1.29 is 13.5 Å². The molecule has 19 heavy (non-hydrogen) atoms. The van der Waals surface area contributed by atoms with Crippen molar-refractivity contribution in [2.24, 2.45) is 0 Å². The molecule has 1 heterocycles. The molecule has 0 amide bonds. The molecule has 0 aliphatic heterocycles. The van der Waals surface area contributed by atoms with Gasteiger partial charge in [-0.1, -0.05) is 12.8 Å². The Hall–Kier alpha value is -0.0800. The van der Waals surface area contributed by atoms with Crippen LogP contribution in [0.2, 0.25) is 0 Å². The van der Waals surface area contributed by atoms with Crippen LogP contribution in [-0.4, -0.2) is 31.1 Å². The molecule has 0 radical (unpaired) electrons. The van der Waals surface area contributed by atoms with Crippen LogP contribution in [0.5, 0.6) is 0 Å². The predicted octanol–water partition coefficient (Wildman–Crippen LogP) is 2.19. The molecule has 0 saturated heterocycles. The van der Waals surface area contributed by atoms with Gasteiger partial charge in [0.15, 0.2) is 0 Å². The summed E-state index contributed by atoms with van der Waals surface area (Å²) in [6.45, 7) is 0.365. The van der Waals surface area contributed by atoms with Crippen molar-refractivity contribution in [2.75, 3.05) is 12.8 Å². The number of aliphatic hydroxyl groups excluding tert-OH is 1. The quantitative estimate of drug-likeness (QED) is 0.843. The molecule has 0 aromatic carbocycles. The minimum Gasteiger partial charge on any atom is -0.392 e. The second-order valence-corrected chi connectivity index (χ2v) is 9.03. The Morgan fingerprint density at radius 1 is 1.47 bits per heavy atom. The Morgan fingerprint density at radius 2 is 2.16 bits per heavy atom. The molecule has 0 unspecified atom stereocenters. The van der Waals surface area contributed by atoms with E-state index in [0.29, 0.717) is 12.1 Å². The molecule has 1 aromatic rings. The molecular formula is C12H19NO3S3. The highest BCUT2D eigenvalue weighted by atomic mass is 32.2. The third-order valence-corrected chi connectivity index (χ3v) is 7.92. The first-order valence-corrected chi connectivity index (χ1v) is 9.83. The highest BCUT2D eigenvalue weighted by molar-refractivity contribution is 8.00. The molecule has 0 atom stereocenters. The van der Waals surface area contributed by atoms with E-state index in [1.165, 1.54) is 18.9 Å². The van der Waals surface area contributed by atoms with Crippen LogP contribution >= 0.6 is 23.1 Å². The molecule has 2 N–H and O–H groups in total. The van der Waals surface area contributed by atoms with Gasteiger partial charge in [0, 0.05) is 11.3 Å². The first-order chi connectivity index (χ1) is 9.01. The van der Waals surface area contributed by atoms with Gasteiger partial charge in [-0.3, -0.25) is 0 Å². The van der Waals surface area contributed by atoms with Crippen molar-refractivity contribution in [3.63, 3.8) is 0 Å². The van der Waals surface area contributed by atoms with Crippen molar-refractivity contribution >= 4 is 33.1 Å². The number of hydrogen-bond acceptors (Lipinski definition) is 5. The molecule has 1 aromatic heterocycles. The van der Waals surface area contributed by atoms with Crippen LogP contribution in [0.4, 0.5) is 0 Å². The van der Waals surface area contributed by atoms with E-state index < -0.39 is 10.0 Å². The first-order valence-electron chi connectivity index (χ1n) is 6.24. The number of aliphatic hydroxyl groups is 1. The van der Waals surface area contributed by atoms with Crippen molar-refractivity contribution in [1.82, 2.24) is 4.72 Å². The fourth-order valence-electron chi connectivity index (χ4n) is 2.35. The van der Waals surface area contributed by atoms with Gasteiger partial charge in [-0.05, 0) is 36.1 Å². The molecule has 1 saturated carbocycles. The lowest BCUT2D eigenvalue weighted by Gasteiger charge is -2.26. The lowest BCUT2D eigenvalue weighted by Crippen LogP contribution is -2.38. The van der Waals surface area contributed by atoms with Crippen molar-refractivity contribution in [3.8, 4) is 0 Å². The second kappa shape index (κ2) is 6.13. The Kier molecular flexibility index (Phi) is 4.94. The largest absolute Gasteiger partial charge is 0.392 e. The van der Waals surface area contributed by atoms with Crippen LogP contribution in [-0.2, 0) is 16.6 Å². The van der Waals surface area contributed by atoms with Gasteiger partial charge in [-0.2, -0.15) is 11.8 Å². The van der Waals surface area contributed by atoms with Crippen molar-refractivity contribution in [3.05, 3.63) is 17.0 Å². The number of rotatable bonds is 6. The molecule has 1 aliphatic carbocycles. The number of sulfonamides is 1. The molecule has 2 rings (SSSR count). The van der Waals surface area contributed by atoms with E-state index in [4.69, 9.17) is 5.11 Å². The van der Waals surface area contributed by atoms with Crippen LogP contribution in [0.1, 0.15) is 31.2 Å². The van der Waals surface area contributed by atoms with E-state index in [1.54, 1.807) is 17.1 Å². The summed E-state index contributed by atoms with van der Waals surface area (Å²) in [4.78, 5) is 0. The van der Waals surface area contributed by atoms with Crippen molar-refractivity contribution in [2.45, 2.75) is 41.2 Å². The predicted molar refractivity (Wildman–Crippen MR) is 80.1 cm³/mol. The standard InChI is InChI=1S/C12H19NO3S3/c1-17-12(4-2-3-5-12)9-13-19(15,16)11-6-10(7-14)8-18-11/h6,8,13-14H,2-5,7,9H2,1H3. The molecule has 7 heteroatoms. The fourth-order valence-corrected chi connectivity index (χ4v) is 5.72. The summed E-state index contributed by atoms with van der Waals surface area (Å²) in [6.07, 6.45) is 6.55. The van der Waals surface area contributed by atoms with E-state index in [2.05, 4.69) is 11.0 Å². The van der Waals surface area contributed by atoms with Gasteiger partial charge < -0.3 is 5.11 Å². The summed E-state index contributed by atoms with van der Waals surface area (Å²) in [7, 11) is -3.44. The van der Waals surface area contributed by atoms with E-state index in [9.17, 15) is 8.42 Å². The van der Waals surface area contributed by atoms with Gasteiger partial charge in [-0.25, -0.2) is 13.1 Å². The molecule has 108 valence electrons. The number of thiophene rings is 1. The molecule has 1 fully saturated rings. The Morgan fingerprint density at radius 3 is 2.68 bits per heavy atom. The van der Waals surface area contributed by atoms with E-state index in [1.807, 2.05) is 0 Å². The third kappa shape index (κ3) is 3.52. The summed E-state index contributed by atoms with van der Waals surface area (Å²) in [6, 6.07) is 1.54. The molecule has 0 bridgehead atoms. The number of thioether (sulfide) groups is 1. The normalized spacial score (nSPS) is 18.8. The summed E-state index contributed by atoms with van der Waals surface area (Å²) in [5.41, 5.74) is 0.644. The van der Waals surface area contributed by atoms with Crippen molar-refractivity contribution in [1.29, 1.82) is 0 Å². The zero-order chi connectivity index (χ0) is 13.9. The van der Waals surface area contributed by atoms with Gasteiger partial charge in [0.1, 0.15) is 4.21 Å². The summed E-state index contributed by atoms with van der Waals surface area (Å²) in [5.74, 6) is 0. The van der Waals surface area contributed by atoms with Gasteiger partial charge >= 0.3 is 0 Å². The van der Waals surface area contributed by atoms with Crippen LogP contribution in [0.15, 0.2) is 15.7 Å². The van der Waals surface area contributed by atoms with E-state index in [-0.39, 0.29) is 15.6 Å². The minimum absolute atomic E-state index is 0.0597. The van der Waals surface area contributed by atoms with Gasteiger partial charge in [0.25, 0.3) is 0 Å². The Balaban J connectivity index is 2.05. The highest BCUT2D eigenvalue weighted by Crippen LogP contribution is 2.39. The summed E-state index contributed by atoms with van der Waals surface area (Å²) < 4.78 is 27.4. The maximum Gasteiger partial charge on any atom is 0.250 e. The van der Waals surface area contributed by atoms with Crippen LogP contribution in [0.3, 0.4) is 0 Å². The van der Waals surface area contributed by atoms with Crippen LogP contribution in [0, 0.1) is 0 Å². The molecule has 1 aliphatic rings. The Labute approximate surface area is 122 Å². The van der Waals surface area contributed by atoms with Gasteiger partial charge in [0.2, 0.25) is 10.0 Å². The monoisotopic (exact) mass is 321 g/mol. The molecule has 0 spiro atoms. The zero-order valence-electron chi connectivity index (χ0n) is 10.9. The highest BCUT2D eigenvalue weighted by Gasteiger charge is 2.34. The number of nitrogens with one attached hydrogen (secondary N) is 1. The topological polar surface area (TPSA) is 66.4 Å². The average Bonchev–Trinajstić information content (AvgIpc) is 3.06. The van der Waals surface area contributed by atoms with Gasteiger partial charge in [0.05, 0.1) is 6.61 Å². The first kappa shape index (κ1) is 15.3. The lowest BCUT2D eigenvalue weighted by molar-refractivity contribution is 0.282. The maximum absolute atomic E-state index is 12.2. The lowest BCUT2D eigenvalue weighted by atomic mass is 10.1. The smallest absolute Gasteiger partial charge is 0.250 e. The summed E-state index contributed by atoms with van der Waals surface area (Å²) in [5, 5.41) is 10.7. The van der Waals surface area contributed by atoms with Gasteiger partial charge in [-0.15, -0.1) is 11.3 Å². The average molecular weight is 321 g/mol. The SMILES string of the molecule is CSC1(CNS(=O)(=O)c2cc(CO)cs2)CCCC1. The van der Waals surface area contributed by atoms with E-state index >= 15 is 0 Å². The summed E-state index contributed by atoms with van der Waals surface area (Å²) >= 11 is 2.91. The maximum atomic E-state index is 12.2. The molecular weight excluding hydrogens is 302 g/mol. The number of hydrogen-bond donors (Lipinski definition) is 2. The molecule has 4 nitrogen and oxygen atoms in total. The Bertz CT molecular complexity index is 518.